The maximum atomic E-state index is 2.62. The van der Waals surface area contributed by atoms with E-state index in [0.717, 1.165) is 5.41 Å². The number of hydrogen-bond donors (Lipinski definition) is 0. The van der Waals surface area contributed by atoms with Crippen molar-refractivity contribution in [3.05, 3.63) is 0 Å². The molecular weight excluding hydrogens is 158 g/mol. The molecule has 1 saturated heterocycles. The van der Waals surface area contributed by atoms with E-state index in [1.807, 2.05) is 13.8 Å². The molecule has 13 heavy (non-hydrogen) atoms. The highest BCUT2D eigenvalue weighted by molar-refractivity contribution is 4.97. The second-order valence-electron chi connectivity index (χ2n) is 4.42. The van der Waals surface area contributed by atoms with Gasteiger partial charge in [0, 0.05) is 13.1 Å². The Labute approximate surface area is 83.5 Å². The Hall–Kier alpha value is -0.0400. The molecule has 1 spiro atoms. The fraction of sp³-hybridized carbons (Fsp3) is 1.00. The van der Waals surface area contributed by atoms with Crippen molar-refractivity contribution >= 4 is 0 Å². The van der Waals surface area contributed by atoms with E-state index >= 15 is 0 Å². The number of nitrogens with zero attached hydrogens (tertiary/aromatic N) is 1. The Kier molecular flexibility index (Phi) is 4.24. The highest BCUT2D eigenvalue weighted by Gasteiger charge is 2.43. The third-order valence-corrected chi connectivity index (χ3v) is 3.32. The van der Waals surface area contributed by atoms with E-state index in [2.05, 4.69) is 11.8 Å². The van der Waals surface area contributed by atoms with E-state index in [-0.39, 0.29) is 0 Å². The summed E-state index contributed by atoms with van der Waals surface area (Å²) in [5, 5.41) is 0. The first kappa shape index (κ1) is 11.0. The summed E-state index contributed by atoms with van der Waals surface area (Å²) >= 11 is 0. The molecule has 1 heterocycles. The molecule has 78 valence electrons. The van der Waals surface area contributed by atoms with Crippen molar-refractivity contribution in [1.29, 1.82) is 0 Å². The van der Waals surface area contributed by atoms with E-state index in [1.165, 1.54) is 51.7 Å². The van der Waals surface area contributed by atoms with Gasteiger partial charge in [-0.05, 0) is 31.2 Å². The predicted octanol–water partition coefficient (Wildman–Crippen LogP) is 3.30. The minimum Gasteiger partial charge on any atom is -0.302 e. The van der Waals surface area contributed by atoms with Crippen molar-refractivity contribution in [2.45, 2.75) is 52.9 Å². The maximum absolute atomic E-state index is 2.62. The van der Waals surface area contributed by atoms with Crippen LogP contribution in [0.1, 0.15) is 52.9 Å². The first-order chi connectivity index (χ1) is 6.35. The average molecular weight is 183 g/mol. The lowest BCUT2D eigenvalue weighted by molar-refractivity contribution is 0.00657. The summed E-state index contributed by atoms with van der Waals surface area (Å²) in [5.74, 6) is 0. The van der Waals surface area contributed by atoms with Crippen LogP contribution < -0.4 is 0 Å². The van der Waals surface area contributed by atoms with Crippen molar-refractivity contribution < 1.29 is 0 Å². The minimum atomic E-state index is 0.815. The fourth-order valence-corrected chi connectivity index (χ4v) is 2.82. The van der Waals surface area contributed by atoms with Crippen molar-refractivity contribution in [3.63, 3.8) is 0 Å². The molecule has 1 nitrogen and oxygen atoms in total. The maximum Gasteiger partial charge on any atom is 0.00505 e. The van der Waals surface area contributed by atoms with Crippen LogP contribution in [-0.4, -0.2) is 24.5 Å². The van der Waals surface area contributed by atoms with Crippen LogP contribution in [0.5, 0.6) is 0 Å². The highest BCUT2D eigenvalue weighted by Crippen LogP contribution is 2.45. The molecule has 1 aliphatic carbocycles. The normalized spacial score (nSPS) is 25.2. The zero-order valence-electron chi connectivity index (χ0n) is 9.60. The van der Waals surface area contributed by atoms with Crippen LogP contribution in [0.25, 0.3) is 0 Å². The summed E-state index contributed by atoms with van der Waals surface area (Å²) in [7, 11) is 0. The third-order valence-electron chi connectivity index (χ3n) is 3.32. The van der Waals surface area contributed by atoms with Crippen LogP contribution in [0.3, 0.4) is 0 Å². The first-order valence-electron chi connectivity index (χ1n) is 6.07. The summed E-state index contributed by atoms with van der Waals surface area (Å²) in [6, 6.07) is 0. The lowest BCUT2D eigenvalue weighted by atomic mass is 9.78. The van der Waals surface area contributed by atoms with Gasteiger partial charge in [-0.2, -0.15) is 0 Å². The Balaban J connectivity index is 0.000000396. The minimum absolute atomic E-state index is 0.815. The summed E-state index contributed by atoms with van der Waals surface area (Å²) in [5.41, 5.74) is 0.815. The predicted molar refractivity (Wildman–Crippen MR) is 59.0 cm³/mol. The van der Waals surface area contributed by atoms with Crippen LogP contribution in [0.4, 0.5) is 0 Å². The summed E-state index contributed by atoms with van der Waals surface area (Å²) in [6.07, 6.45) is 7.37. The summed E-state index contributed by atoms with van der Waals surface area (Å²) in [6.45, 7) is 10.4. The van der Waals surface area contributed by atoms with Gasteiger partial charge in [-0.15, -0.1) is 0 Å². The molecule has 2 aliphatic rings. The molecule has 2 fully saturated rings. The Morgan fingerprint density at radius 3 is 2.08 bits per heavy atom. The van der Waals surface area contributed by atoms with Gasteiger partial charge in [-0.3, -0.25) is 0 Å². The zero-order valence-corrected chi connectivity index (χ0v) is 9.60. The Morgan fingerprint density at radius 1 is 1.08 bits per heavy atom. The van der Waals surface area contributed by atoms with Crippen molar-refractivity contribution in [3.8, 4) is 0 Å². The second-order valence-corrected chi connectivity index (χ2v) is 4.42. The molecule has 2 rings (SSSR count). The van der Waals surface area contributed by atoms with Crippen LogP contribution >= 0.6 is 0 Å². The van der Waals surface area contributed by atoms with Crippen LogP contribution in [-0.2, 0) is 0 Å². The lowest BCUT2D eigenvalue weighted by Crippen LogP contribution is -2.54. The smallest absolute Gasteiger partial charge is 0.00505 e. The van der Waals surface area contributed by atoms with E-state index in [1.54, 1.807) is 0 Å². The van der Waals surface area contributed by atoms with Crippen molar-refractivity contribution in [2.75, 3.05) is 19.6 Å². The zero-order chi connectivity index (χ0) is 9.73. The summed E-state index contributed by atoms with van der Waals surface area (Å²) in [4.78, 5) is 2.62. The van der Waals surface area contributed by atoms with Crippen LogP contribution in [0.15, 0.2) is 0 Å². The second kappa shape index (κ2) is 4.99. The molecule has 0 N–H and O–H groups in total. The lowest BCUT2D eigenvalue weighted by Gasteiger charge is -2.48. The molecule has 0 radical (unpaired) electrons. The molecule has 0 bridgehead atoms. The molecule has 0 aromatic heterocycles. The molecule has 0 atom stereocenters. The van der Waals surface area contributed by atoms with E-state index in [0.29, 0.717) is 0 Å². The van der Waals surface area contributed by atoms with E-state index in [9.17, 15) is 0 Å². The van der Waals surface area contributed by atoms with Gasteiger partial charge in [0.25, 0.3) is 0 Å². The van der Waals surface area contributed by atoms with Gasteiger partial charge in [-0.1, -0.05) is 33.6 Å². The van der Waals surface area contributed by atoms with Crippen molar-refractivity contribution in [1.82, 2.24) is 4.90 Å². The molecule has 1 saturated carbocycles. The number of rotatable bonds is 2. The SMILES string of the molecule is CC.CCCN1CC2(CCCC2)C1. The molecule has 1 heteroatoms. The number of likely N-dealkylation sites (tertiary alicyclic amines) is 1. The molecular formula is C12H25N. The fourth-order valence-electron chi connectivity index (χ4n) is 2.82. The molecule has 0 aromatic carbocycles. The molecule has 1 aliphatic heterocycles. The quantitative estimate of drug-likeness (QED) is 0.635. The van der Waals surface area contributed by atoms with Gasteiger partial charge in [0.05, 0.1) is 0 Å². The van der Waals surface area contributed by atoms with Gasteiger partial charge in [0.1, 0.15) is 0 Å². The number of hydrogen-bond acceptors (Lipinski definition) is 1. The van der Waals surface area contributed by atoms with E-state index in [4.69, 9.17) is 0 Å². The van der Waals surface area contributed by atoms with Crippen LogP contribution in [0.2, 0.25) is 0 Å². The topological polar surface area (TPSA) is 3.24 Å². The van der Waals surface area contributed by atoms with Gasteiger partial charge in [-0.25, -0.2) is 0 Å². The summed E-state index contributed by atoms with van der Waals surface area (Å²) < 4.78 is 0. The van der Waals surface area contributed by atoms with Gasteiger partial charge < -0.3 is 4.90 Å². The standard InChI is InChI=1S/C10H19N.C2H6/c1-2-7-11-8-10(9-11)5-3-4-6-10;1-2/h2-9H2,1H3;1-2H3. The third kappa shape index (κ3) is 2.46. The van der Waals surface area contributed by atoms with E-state index < -0.39 is 0 Å². The first-order valence-corrected chi connectivity index (χ1v) is 6.07. The molecule has 0 unspecified atom stereocenters. The van der Waals surface area contributed by atoms with Gasteiger partial charge in [0.15, 0.2) is 0 Å². The van der Waals surface area contributed by atoms with Gasteiger partial charge in [0.2, 0.25) is 0 Å². The monoisotopic (exact) mass is 183 g/mol. The Bertz CT molecular complexity index is 128. The highest BCUT2D eigenvalue weighted by atomic mass is 15.2. The largest absolute Gasteiger partial charge is 0.302 e. The Morgan fingerprint density at radius 2 is 1.62 bits per heavy atom. The molecule has 0 aromatic rings. The van der Waals surface area contributed by atoms with Crippen LogP contribution in [0, 0.1) is 5.41 Å². The van der Waals surface area contributed by atoms with Gasteiger partial charge >= 0.3 is 0 Å². The molecule has 0 amide bonds. The van der Waals surface area contributed by atoms with Crippen molar-refractivity contribution in [2.24, 2.45) is 5.41 Å². The average Bonchev–Trinajstić information content (AvgIpc) is 2.57.